The molecular weight excluding hydrogens is 358 g/mol. The first-order valence-electron chi connectivity index (χ1n) is 9.07. The standard InChI is InChI=1S/C22H21NO3S/c1-2-25-17-9-10-20-15(13-17)12-16(14-26-20)22(24)23-19-7-4-3-6-18(19)21-8-5-11-27-21/h3-11,13,16H,2,12,14H2,1H3,(H,23,24). The first kappa shape index (κ1) is 17.6. The average Bonchev–Trinajstić information content (AvgIpc) is 3.23. The summed E-state index contributed by atoms with van der Waals surface area (Å²) < 4.78 is 11.4. The Hall–Kier alpha value is -2.79. The van der Waals surface area contributed by atoms with E-state index in [2.05, 4.69) is 11.4 Å². The van der Waals surface area contributed by atoms with Crippen LogP contribution < -0.4 is 14.8 Å². The third kappa shape index (κ3) is 3.83. The zero-order valence-corrected chi connectivity index (χ0v) is 15.9. The molecule has 138 valence electrons. The number of thiophene rings is 1. The lowest BCUT2D eigenvalue weighted by Gasteiger charge is -2.25. The summed E-state index contributed by atoms with van der Waals surface area (Å²) in [6.45, 7) is 2.95. The first-order valence-corrected chi connectivity index (χ1v) is 9.95. The molecule has 1 N–H and O–H groups in total. The van der Waals surface area contributed by atoms with Gasteiger partial charge in [0.15, 0.2) is 0 Å². The van der Waals surface area contributed by atoms with Gasteiger partial charge in [0.05, 0.1) is 12.5 Å². The summed E-state index contributed by atoms with van der Waals surface area (Å²) in [7, 11) is 0. The molecule has 0 fully saturated rings. The Morgan fingerprint density at radius 2 is 2.11 bits per heavy atom. The number of benzene rings is 2. The lowest BCUT2D eigenvalue weighted by atomic mass is 9.95. The quantitative estimate of drug-likeness (QED) is 0.678. The van der Waals surface area contributed by atoms with Crippen molar-refractivity contribution in [2.24, 2.45) is 5.92 Å². The van der Waals surface area contributed by atoms with Crippen LogP contribution in [0.15, 0.2) is 60.0 Å². The van der Waals surface area contributed by atoms with Crippen molar-refractivity contribution in [3.05, 3.63) is 65.5 Å². The van der Waals surface area contributed by atoms with Gasteiger partial charge in [0.1, 0.15) is 18.1 Å². The van der Waals surface area contributed by atoms with E-state index in [4.69, 9.17) is 9.47 Å². The van der Waals surface area contributed by atoms with E-state index >= 15 is 0 Å². The lowest BCUT2D eigenvalue weighted by molar-refractivity contribution is -0.121. The second-order valence-electron chi connectivity index (χ2n) is 6.43. The Labute approximate surface area is 162 Å². The van der Waals surface area contributed by atoms with Crippen molar-refractivity contribution >= 4 is 22.9 Å². The van der Waals surface area contributed by atoms with Gasteiger partial charge in [0.25, 0.3) is 0 Å². The van der Waals surface area contributed by atoms with Crippen molar-refractivity contribution in [3.63, 3.8) is 0 Å². The second-order valence-corrected chi connectivity index (χ2v) is 7.37. The van der Waals surface area contributed by atoms with Gasteiger partial charge in [-0.1, -0.05) is 24.3 Å². The molecule has 27 heavy (non-hydrogen) atoms. The second kappa shape index (κ2) is 7.84. The number of carbonyl (C=O) groups excluding carboxylic acids is 1. The Balaban J connectivity index is 1.51. The van der Waals surface area contributed by atoms with Crippen molar-refractivity contribution in [1.29, 1.82) is 0 Å². The minimum atomic E-state index is -0.231. The van der Waals surface area contributed by atoms with E-state index in [0.717, 1.165) is 33.2 Å². The van der Waals surface area contributed by atoms with Crippen LogP contribution in [0.2, 0.25) is 0 Å². The number of amides is 1. The number of hydrogen-bond donors (Lipinski definition) is 1. The molecule has 0 radical (unpaired) electrons. The Kier molecular flexibility index (Phi) is 5.12. The molecule has 1 aliphatic rings. The maximum atomic E-state index is 12.9. The zero-order valence-electron chi connectivity index (χ0n) is 15.1. The summed E-state index contributed by atoms with van der Waals surface area (Å²) >= 11 is 1.66. The molecule has 0 saturated heterocycles. The molecule has 0 aliphatic carbocycles. The number of ether oxygens (including phenoxy) is 2. The minimum Gasteiger partial charge on any atom is -0.494 e. The van der Waals surface area contributed by atoms with Gasteiger partial charge >= 0.3 is 0 Å². The largest absolute Gasteiger partial charge is 0.494 e. The topological polar surface area (TPSA) is 47.6 Å². The molecule has 4 rings (SSSR count). The van der Waals surface area contributed by atoms with Crippen molar-refractivity contribution in [2.45, 2.75) is 13.3 Å². The summed E-state index contributed by atoms with van der Waals surface area (Å²) in [6, 6.07) is 17.8. The van der Waals surface area contributed by atoms with Gasteiger partial charge in [0.2, 0.25) is 5.91 Å². The van der Waals surface area contributed by atoms with Crippen molar-refractivity contribution in [2.75, 3.05) is 18.5 Å². The molecule has 4 nitrogen and oxygen atoms in total. The third-order valence-electron chi connectivity index (χ3n) is 4.59. The van der Waals surface area contributed by atoms with E-state index in [1.54, 1.807) is 11.3 Å². The minimum absolute atomic E-state index is 0.0218. The number of para-hydroxylation sites is 1. The first-order chi connectivity index (χ1) is 13.2. The van der Waals surface area contributed by atoms with Crippen LogP contribution >= 0.6 is 11.3 Å². The number of hydrogen-bond acceptors (Lipinski definition) is 4. The van der Waals surface area contributed by atoms with E-state index in [1.165, 1.54) is 0 Å². The van der Waals surface area contributed by atoms with E-state index in [1.807, 2.05) is 60.8 Å². The molecule has 0 saturated carbocycles. The van der Waals surface area contributed by atoms with Crippen molar-refractivity contribution in [3.8, 4) is 21.9 Å². The van der Waals surface area contributed by atoms with Crippen LogP contribution in [0.1, 0.15) is 12.5 Å². The van der Waals surface area contributed by atoms with E-state index in [0.29, 0.717) is 19.6 Å². The Morgan fingerprint density at radius 3 is 2.93 bits per heavy atom. The van der Waals surface area contributed by atoms with Crippen molar-refractivity contribution in [1.82, 2.24) is 0 Å². The monoisotopic (exact) mass is 379 g/mol. The molecule has 5 heteroatoms. The summed E-state index contributed by atoms with van der Waals surface area (Å²) in [5.74, 6) is 1.39. The van der Waals surface area contributed by atoms with Gasteiger partial charge in [-0.15, -0.1) is 11.3 Å². The fourth-order valence-corrected chi connectivity index (χ4v) is 4.04. The molecule has 0 bridgehead atoms. The van der Waals surface area contributed by atoms with Crippen LogP contribution in [0.4, 0.5) is 5.69 Å². The average molecular weight is 379 g/mol. The zero-order chi connectivity index (χ0) is 18.6. The molecule has 2 aromatic carbocycles. The number of fused-ring (bicyclic) bond motifs is 1. The number of anilines is 1. The molecule has 1 aliphatic heterocycles. The lowest BCUT2D eigenvalue weighted by Crippen LogP contribution is -2.32. The fourth-order valence-electron chi connectivity index (χ4n) is 3.27. The van der Waals surface area contributed by atoms with Crippen LogP contribution in [0.5, 0.6) is 11.5 Å². The molecule has 1 aromatic heterocycles. The smallest absolute Gasteiger partial charge is 0.231 e. The van der Waals surface area contributed by atoms with Gasteiger partial charge in [-0.05, 0) is 54.6 Å². The van der Waals surface area contributed by atoms with Gasteiger partial charge in [-0.3, -0.25) is 4.79 Å². The Morgan fingerprint density at radius 1 is 1.22 bits per heavy atom. The van der Waals surface area contributed by atoms with Crippen LogP contribution in [0.3, 0.4) is 0 Å². The summed E-state index contributed by atoms with van der Waals surface area (Å²) in [5.41, 5.74) is 2.88. The molecule has 3 aromatic rings. The number of carbonyl (C=O) groups is 1. The van der Waals surface area contributed by atoms with Gasteiger partial charge in [-0.2, -0.15) is 0 Å². The predicted molar refractivity (Wildman–Crippen MR) is 109 cm³/mol. The molecule has 1 unspecified atom stereocenters. The van der Waals surface area contributed by atoms with E-state index in [-0.39, 0.29) is 11.8 Å². The SMILES string of the molecule is CCOc1ccc2c(c1)CC(C(=O)Nc1ccccc1-c1cccs1)CO2. The number of rotatable bonds is 5. The number of nitrogens with one attached hydrogen (secondary N) is 1. The van der Waals surface area contributed by atoms with Crippen LogP contribution in [0.25, 0.3) is 10.4 Å². The maximum absolute atomic E-state index is 12.9. The summed E-state index contributed by atoms with van der Waals surface area (Å²) in [6.07, 6.45) is 0.642. The highest BCUT2D eigenvalue weighted by Crippen LogP contribution is 2.34. The van der Waals surface area contributed by atoms with Crippen LogP contribution in [-0.4, -0.2) is 19.1 Å². The maximum Gasteiger partial charge on any atom is 0.231 e. The Bertz CT molecular complexity index is 936. The third-order valence-corrected chi connectivity index (χ3v) is 5.49. The highest BCUT2D eigenvalue weighted by atomic mass is 32.1. The highest BCUT2D eigenvalue weighted by molar-refractivity contribution is 7.13. The van der Waals surface area contributed by atoms with Crippen LogP contribution in [0, 0.1) is 5.92 Å². The molecular formula is C22H21NO3S. The predicted octanol–water partition coefficient (Wildman–Crippen LogP) is 5.00. The van der Waals surface area contributed by atoms with Gasteiger partial charge in [0, 0.05) is 16.1 Å². The highest BCUT2D eigenvalue weighted by Gasteiger charge is 2.27. The van der Waals surface area contributed by atoms with Gasteiger partial charge in [-0.25, -0.2) is 0 Å². The normalized spacial score (nSPS) is 15.5. The van der Waals surface area contributed by atoms with Crippen LogP contribution in [-0.2, 0) is 11.2 Å². The van der Waals surface area contributed by atoms with E-state index < -0.39 is 0 Å². The van der Waals surface area contributed by atoms with Gasteiger partial charge < -0.3 is 14.8 Å². The molecule has 1 atom stereocenters. The molecule has 2 heterocycles. The van der Waals surface area contributed by atoms with Crippen molar-refractivity contribution < 1.29 is 14.3 Å². The molecule has 1 amide bonds. The summed E-state index contributed by atoms with van der Waals surface area (Å²) in [5, 5.41) is 5.13. The summed E-state index contributed by atoms with van der Waals surface area (Å²) in [4.78, 5) is 14.0. The van der Waals surface area contributed by atoms with E-state index in [9.17, 15) is 4.79 Å². The molecule has 0 spiro atoms. The fraction of sp³-hybridized carbons (Fsp3) is 0.227.